The summed E-state index contributed by atoms with van der Waals surface area (Å²) < 4.78 is 0. The quantitative estimate of drug-likeness (QED) is 0.606. The van der Waals surface area contributed by atoms with Crippen LogP contribution in [-0.2, 0) is 0 Å². The molecule has 2 saturated heterocycles. The lowest BCUT2D eigenvalue weighted by Crippen LogP contribution is -2.52. The zero-order valence-electron chi connectivity index (χ0n) is 7.50. The largest absolute Gasteiger partial charge is 0.327 e. The van der Waals surface area contributed by atoms with E-state index >= 15 is 0 Å². The summed E-state index contributed by atoms with van der Waals surface area (Å²) in [5, 5.41) is 3.71. The van der Waals surface area contributed by atoms with E-state index in [4.69, 9.17) is 5.73 Å². The molecule has 1 saturated carbocycles. The first-order chi connectivity index (χ1) is 5.84. The third kappa shape index (κ3) is 1.01. The highest BCUT2D eigenvalue weighted by Crippen LogP contribution is 2.45. The Balaban J connectivity index is 1.80. The molecule has 4 atom stereocenters. The maximum absolute atomic E-state index is 6.20. The minimum Gasteiger partial charge on any atom is -0.327 e. The van der Waals surface area contributed by atoms with E-state index in [-0.39, 0.29) is 0 Å². The first-order valence-corrected chi connectivity index (χ1v) is 5.36. The fraction of sp³-hybridized carbons (Fsp3) is 1.00. The summed E-state index contributed by atoms with van der Waals surface area (Å²) in [6, 6.07) is 2.06. The van der Waals surface area contributed by atoms with Crippen LogP contribution in [0, 0.1) is 11.8 Å². The first kappa shape index (κ1) is 7.34. The number of fused-ring (bicyclic) bond motifs is 2. The van der Waals surface area contributed by atoms with Crippen molar-refractivity contribution < 1.29 is 0 Å². The molecule has 2 heterocycles. The summed E-state index contributed by atoms with van der Waals surface area (Å²) in [6.45, 7) is 0. The van der Waals surface area contributed by atoms with Crippen molar-refractivity contribution in [2.45, 2.75) is 50.2 Å². The maximum atomic E-state index is 6.20. The molecule has 0 aromatic carbocycles. The monoisotopic (exact) mass is 166 g/mol. The molecule has 3 rings (SSSR count). The van der Waals surface area contributed by atoms with Gasteiger partial charge >= 0.3 is 0 Å². The van der Waals surface area contributed by atoms with Gasteiger partial charge in [-0.15, -0.1) is 0 Å². The SMILES string of the molecule is NC1CC2CCC(N2)C1C1CC1. The van der Waals surface area contributed by atoms with Gasteiger partial charge < -0.3 is 11.1 Å². The third-order valence-electron chi connectivity index (χ3n) is 3.96. The van der Waals surface area contributed by atoms with E-state index in [1.165, 1.54) is 32.1 Å². The molecule has 0 amide bonds. The average Bonchev–Trinajstić information content (AvgIpc) is 2.76. The predicted octanol–water partition coefficient (Wildman–Crippen LogP) is 0.864. The Labute approximate surface area is 73.9 Å². The highest BCUT2D eigenvalue weighted by Gasteiger charge is 2.46. The number of hydrogen-bond donors (Lipinski definition) is 2. The second kappa shape index (κ2) is 2.46. The lowest BCUT2D eigenvalue weighted by atomic mass is 9.84. The predicted molar refractivity (Wildman–Crippen MR) is 48.8 cm³/mol. The molecule has 2 aliphatic heterocycles. The molecule has 1 aliphatic carbocycles. The molecule has 12 heavy (non-hydrogen) atoms. The van der Waals surface area contributed by atoms with E-state index < -0.39 is 0 Å². The van der Waals surface area contributed by atoms with Crippen molar-refractivity contribution in [1.29, 1.82) is 0 Å². The van der Waals surface area contributed by atoms with Gasteiger partial charge in [-0.25, -0.2) is 0 Å². The molecule has 0 spiro atoms. The fourth-order valence-corrected chi connectivity index (χ4v) is 3.28. The Morgan fingerprint density at radius 1 is 1.08 bits per heavy atom. The molecule has 3 aliphatic rings. The lowest BCUT2D eigenvalue weighted by Gasteiger charge is -2.35. The van der Waals surface area contributed by atoms with E-state index in [0.717, 1.165) is 23.9 Å². The van der Waals surface area contributed by atoms with Crippen LogP contribution < -0.4 is 11.1 Å². The lowest BCUT2D eigenvalue weighted by molar-refractivity contribution is 0.225. The van der Waals surface area contributed by atoms with Crippen molar-refractivity contribution >= 4 is 0 Å². The molecule has 0 radical (unpaired) electrons. The highest BCUT2D eigenvalue weighted by atomic mass is 15.0. The zero-order valence-corrected chi connectivity index (χ0v) is 7.50. The van der Waals surface area contributed by atoms with Crippen molar-refractivity contribution in [3.8, 4) is 0 Å². The Bertz CT molecular complexity index is 188. The van der Waals surface area contributed by atoms with Crippen molar-refractivity contribution in [3.63, 3.8) is 0 Å². The Kier molecular flexibility index (Phi) is 1.50. The number of rotatable bonds is 1. The molecule has 2 bridgehead atoms. The Morgan fingerprint density at radius 3 is 2.67 bits per heavy atom. The van der Waals surface area contributed by atoms with E-state index in [0.29, 0.717) is 6.04 Å². The van der Waals surface area contributed by atoms with Gasteiger partial charge in [-0.3, -0.25) is 0 Å². The van der Waals surface area contributed by atoms with Crippen LogP contribution in [0.5, 0.6) is 0 Å². The Hall–Kier alpha value is -0.0800. The van der Waals surface area contributed by atoms with E-state index in [1.807, 2.05) is 0 Å². The summed E-state index contributed by atoms with van der Waals surface area (Å²) >= 11 is 0. The van der Waals surface area contributed by atoms with Gasteiger partial charge in [0.05, 0.1) is 0 Å². The van der Waals surface area contributed by atoms with E-state index in [2.05, 4.69) is 5.32 Å². The summed E-state index contributed by atoms with van der Waals surface area (Å²) in [6.07, 6.45) is 6.89. The molecule has 3 fully saturated rings. The molecule has 2 heteroatoms. The van der Waals surface area contributed by atoms with Crippen LogP contribution in [0.3, 0.4) is 0 Å². The molecular weight excluding hydrogens is 148 g/mol. The zero-order chi connectivity index (χ0) is 8.13. The van der Waals surface area contributed by atoms with Crippen LogP contribution in [0.4, 0.5) is 0 Å². The number of piperidine rings is 1. The van der Waals surface area contributed by atoms with Crippen molar-refractivity contribution in [2.24, 2.45) is 17.6 Å². The first-order valence-electron chi connectivity index (χ1n) is 5.36. The van der Waals surface area contributed by atoms with Gasteiger partial charge in [0.25, 0.3) is 0 Å². The summed E-state index contributed by atoms with van der Waals surface area (Å²) in [4.78, 5) is 0. The molecule has 0 aromatic heterocycles. The molecule has 4 unspecified atom stereocenters. The molecular formula is C10H18N2. The van der Waals surface area contributed by atoms with Crippen LogP contribution in [0.2, 0.25) is 0 Å². The van der Waals surface area contributed by atoms with Crippen molar-refractivity contribution in [3.05, 3.63) is 0 Å². The minimum atomic E-state index is 0.510. The standard InChI is InChI=1S/C10H18N2/c11-8-5-7-3-4-9(12-7)10(8)6-1-2-6/h6-10,12H,1-5,11H2. The van der Waals surface area contributed by atoms with Crippen molar-refractivity contribution in [1.82, 2.24) is 5.32 Å². The molecule has 0 aromatic rings. The van der Waals surface area contributed by atoms with Gasteiger partial charge in [0.15, 0.2) is 0 Å². The van der Waals surface area contributed by atoms with Crippen LogP contribution in [-0.4, -0.2) is 18.1 Å². The second-order valence-electron chi connectivity index (χ2n) is 4.86. The topological polar surface area (TPSA) is 38.0 Å². The Morgan fingerprint density at radius 2 is 1.92 bits per heavy atom. The van der Waals surface area contributed by atoms with Gasteiger partial charge in [-0.2, -0.15) is 0 Å². The van der Waals surface area contributed by atoms with Crippen molar-refractivity contribution in [2.75, 3.05) is 0 Å². The van der Waals surface area contributed by atoms with Crippen LogP contribution in [0.1, 0.15) is 32.1 Å². The molecule has 2 nitrogen and oxygen atoms in total. The van der Waals surface area contributed by atoms with Gasteiger partial charge in [-0.1, -0.05) is 0 Å². The second-order valence-corrected chi connectivity index (χ2v) is 4.86. The number of hydrogen-bond acceptors (Lipinski definition) is 2. The highest BCUT2D eigenvalue weighted by molar-refractivity contribution is 5.04. The normalized spacial score (nSPS) is 52.8. The van der Waals surface area contributed by atoms with Crippen LogP contribution in [0.25, 0.3) is 0 Å². The van der Waals surface area contributed by atoms with Gasteiger partial charge in [-0.05, 0) is 43.9 Å². The van der Waals surface area contributed by atoms with Gasteiger partial charge in [0, 0.05) is 18.1 Å². The minimum absolute atomic E-state index is 0.510. The van der Waals surface area contributed by atoms with Crippen LogP contribution in [0.15, 0.2) is 0 Å². The summed E-state index contributed by atoms with van der Waals surface area (Å²) in [5.41, 5.74) is 6.20. The molecule has 3 N–H and O–H groups in total. The number of nitrogens with two attached hydrogens (primary N) is 1. The maximum Gasteiger partial charge on any atom is 0.0116 e. The van der Waals surface area contributed by atoms with E-state index in [1.54, 1.807) is 0 Å². The van der Waals surface area contributed by atoms with Gasteiger partial charge in [0.1, 0.15) is 0 Å². The van der Waals surface area contributed by atoms with E-state index in [9.17, 15) is 0 Å². The fourth-order valence-electron chi connectivity index (χ4n) is 3.28. The average molecular weight is 166 g/mol. The number of nitrogens with one attached hydrogen (secondary N) is 1. The van der Waals surface area contributed by atoms with Crippen LogP contribution >= 0.6 is 0 Å². The summed E-state index contributed by atoms with van der Waals surface area (Å²) in [7, 11) is 0. The smallest absolute Gasteiger partial charge is 0.0116 e. The third-order valence-corrected chi connectivity index (χ3v) is 3.96. The van der Waals surface area contributed by atoms with Gasteiger partial charge in [0.2, 0.25) is 0 Å². The molecule has 68 valence electrons. The summed E-state index contributed by atoms with van der Waals surface area (Å²) in [5.74, 6) is 1.81.